The summed E-state index contributed by atoms with van der Waals surface area (Å²) in [5.41, 5.74) is 1.59. The largest absolute Gasteiger partial charge is 0.351 e. The molecule has 7 nitrogen and oxygen atoms in total. The van der Waals surface area contributed by atoms with Crippen LogP contribution in [-0.4, -0.2) is 40.2 Å². The fourth-order valence-electron chi connectivity index (χ4n) is 4.21. The summed E-state index contributed by atoms with van der Waals surface area (Å²) in [6, 6.07) is 7.86. The van der Waals surface area contributed by atoms with Crippen LogP contribution in [0.3, 0.4) is 0 Å². The summed E-state index contributed by atoms with van der Waals surface area (Å²) in [6.07, 6.45) is 5.91. The molecule has 0 aliphatic heterocycles. The Morgan fingerprint density at radius 1 is 1.21 bits per heavy atom. The van der Waals surface area contributed by atoms with Gasteiger partial charge in [0.1, 0.15) is 29.0 Å². The maximum absolute atomic E-state index is 13.3. The number of hydrogen-bond donors (Lipinski definition) is 3. The summed E-state index contributed by atoms with van der Waals surface area (Å²) in [5, 5.41) is 6.75. The van der Waals surface area contributed by atoms with Gasteiger partial charge in [0, 0.05) is 23.8 Å². The topological polar surface area (TPSA) is 104 Å². The number of benzene rings is 1. The monoisotopic (exact) mass is 470 g/mol. The molecule has 3 aromatic rings. The van der Waals surface area contributed by atoms with Gasteiger partial charge in [0.05, 0.1) is 11.7 Å². The number of pyridine rings is 1. The lowest BCUT2D eigenvalue weighted by Crippen LogP contribution is -2.53. The van der Waals surface area contributed by atoms with Gasteiger partial charge in [-0.25, -0.2) is 9.37 Å². The Balaban J connectivity index is 1.54. The Morgan fingerprint density at radius 3 is 2.73 bits per heavy atom. The molecule has 9 heteroatoms. The van der Waals surface area contributed by atoms with E-state index >= 15 is 0 Å². The molecule has 1 aliphatic rings. The van der Waals surface area contributed by atoms with Gasteiger partial charge in [-0.2, -0.15) is 0 Å². The molecule has 0 bridgehead atoms. The van der Waals surface area contributed by atoms with E-state index in [9.17, 15) is 18.8 Å². The molecule has 1 unspecified atom stereocenters. The van der Waals surface area contributed by atoms with Gasteiger partial charge in [-0.15, -0.1) is 0 Å². The van der Waals surface area contributed by atoms with Crippen molar-refractivity contribution in [1.29, 1.82) is 0 Å². The fraction of sp³-hybridized carbons (Fsp3) is 0.333. The van der Waals surface area contributed by atoms with Crippen LogP contribution >= 0.6 is 11.6 Å². The third kappa shape index (κ3) is 5.57. The number of aromatic amines is 1. The number of carbonyl (C=O) groups is 3. The number of aldehydes is 1. The van der Waals surface area contributed by atoms with Crippen LogP contribution in [0, 0.1) is 11.7 Å². The molecule has 3 N–H and O–H groups in total. The predicted octanol–water partition coefficient (Wildman–Crippen LogP) is 3.57. The first kappa shape index (κ1) is 22.9. The van der Waals surface area contributed by atoms with Gasteiger partial charge in [0.15, 0.2) is 0 Å². The van der Waals surface area contributed by atoms with Crippen LogP contribution < -0.4 is 10.6 Å². The Labute approximate surface area is 195 Å². The van der Waals surface area contributed by atoms with E-state index in [0.717, 1.165) is 30.9 Å². The molecule has 2 heterocycles. The summed E-state index contributed by atoms with van der Waals surface area (Å²) in [5.74, 6) is -1.48. The zero-order valence-electron chi connectivity index (χ0n) is 17.8. The first-order chi connectivity index (χ1) is 15.9. The van der Waals surface area contributed by atoms with E-state index in [4.69, 9.17) is 11.6 Å². The molecular weight excluding hydrogens is 447 g/mol. The van der Waals surface area contributed by atoms with Gasteiger partial charge in [-0.3, -0.25) is 9.59 Å². The molecule has 1 aromatic carbocycles. The normalized spacial score (nSPS) is 19.1. The minimum atomic E-state index is -0.912. The summed E-state index contributed by atoms with van der Waals surface area (Å²) in [6.45, 7) is 0. The van der Waals surface area contributed by atoms with Crippen LogP contribution in [0.2, 0.25) is 5.15 Å². The Bertz CT molecular complexity index is 1160. The Morgan fingerprint density at radius 2 is 1.97 bits per heavy atom. The van der Waals surface area contributed by atoms with E-state index in [1.165, 1.54) is 18.3 Å². The average Bonchev–Trinajstić information content (AvgIpc) is 3.23. The van der Waals surface area contributed by atoms with Gasteiger partial charge in [0.25, 0.3) is 5.91 Å². The SMILES string of the molecule is O=C[C@@H]1CCCCC1NC(=O)[C@H](Cc1ccc(F)cc1)NC(=O)c1cc2cc(Cl)ncc2[nH]1. The first-order valence-corrected chi connectivity index (χ1v) is 11.3. The standard InChI is InChI=1S/C24H24ClFN4O3/c25-22-11-16-10-20(28-21(16)12-27-22)24(33)30-19(9-14-5-7-17(26)8-6-14)23(32)29-18-4-2-1-3-15(18)13-31/h5-8,10-13,15,18-19,28H,1-4,9H2,(H,29,32)(H,30,33)/t15-,18?,19-/m0/s1. The number of H-pyrrole nitrogens is 1. The maximum atomic E-state index is 13.3. The van der Waals surface area contributed by atoms with Gasteiger partial charge in [-0.05, 0) is 42.7 Å². The molecule has 0 spiro atoms. The molecule has 1 fully saturated rings. The van der Waals surface area contributed by atoms with Crippen molar-refractivity contribution in [2.75, 3.05) is 0 Å². The number of nitrogens with zero attached hydrogens (tertiary/aromatic N) is 1. The van der Waals surface area contributed by atoms with Crippen molar-refractivity contribution in [3.63, 3.8) is 0 Å². The quantitative estimate of drug-likeness (QED) is 0.362. The highest BCUT2D eigenvalue weighted by molar-refractivity contribution is 6.30. The lowest BCUT2D eigenvalue weighted by Gasteiger charge is -2.30. The number of aromatic nitrogens is 2. The number of amides is 2. The van der Waals surface area contributed by atoms with E-state index in [2.05, 4.69) is 20.6 Å². The number of hydrogen-bond acceptors (Lipinski definition) is 4. The third-order valence-corrected chi connectivity index (χ3v) is 6.22. The highest BCUT2D eigenvalue weighted by atomic mass is 35.5. The number of halogens is 2. The zero-order valence-corrected chi connectivity index (χ0v) is 18.6. The van der Waals surface area contributed by atoms with E-state index in [1.807, 2.05) is 0 Å². The molecule has 3 atom stereocenters. The summed E-state index contributed by atoms with van der Waals surface area (Å²) in [7, 11) is 0. The highest BCUT2D eigenvalue weighted by Crippen LogP contribution is 2.23. The first-order valence-electron chi connectivity index (χ1n) is 10.9. The second-order valence-corrected chi connectivity index (χ2v) is 8.72. The van der Waals surface area contributed by atoms with Crippen molar-refractivity contribution in [3.8, 4) is 0 Å². The fourth-order valence-corrected chi connectivity index (χ4v) is 4.38. The average molecular weight is 471 g/mol. The lowest BCUT2D eigenvalue weighted by molar-refractivity contribution is -0.124. The van der Waals surface area contributed by atoms with Crippen molar-refractivity contribution in [2.45, 2.75) is 44.2 Å². The summed E-state index contributed by atoms with van der Waals surface area (Å²) >= 11 is 5.92. The smallest absolute Gasteiger partial charge is 0.268 e. The van der Waals surface area contributed by atoms with Gasteiger partial charge in [-0.1, -0.05) is 36.6 Å². The predicted molar refractivity (Wildman–Crippen MR) is 122 cm³/mol. The van der Waals surface area contributed by atoms with Crippen molar-refractivity contribution >= 4 is 40.6 Å². The second-order valence-electron chi connectivity index (χ2n) is 8.33. The van der Waals surface area contributed by atoms with Crippen LogP contribution in [0.4, 0.5) is 4.39 Å². The zero-order chi connectivity index (χ0) is 23.4. The van der Waals surface area contributed by atoms with Crippen LogP contribution in [0.5, 0.6) is 0 Å². The van der Waals surface area contributed by atoms with Crippen LogP contribution in [-0.2, 0) is 16.0 Å². The number of nitrogens with one attached hydrogen (secondary N) is 3. The molecular formula is C24H24ClFN4O3. The third-order valence-electron chi connectivity index (χ3n) is 6.01. The molecule has 2 amide bonds. The second kappa shape index (κ2) is 10.1. The lowest BCUT2D eigenvalue weighted by atomic mass is 9.85. The van der Waals surface area contributed by atoms with E-state index in [-0.39, 0.29) is 35.8 Å². The molecule has 4 rings (SSSR count). The number of fused-ring (bicyclic) bond motifs is 1. The summed E-state index contributed by atoms with van der Waals surface area (Å²) < 4.78 is 13.3. The van der Waals surface area contributed by atoms with Gasteiger partial charge in [0.2, 0.25) is 5.91 Å². The van der Waals surface area contributed by atoms with E-state index in [0.29, 0.717) is 22.7 Å². The van der Waals surface area contributed by atoms with Crippen LogP contribution in [0.25, 0.3) is 10.9 Å². The molecule has 1 saturated carbocycles. The van der Waals surface area contributed by atoms with Crippen molar-refractivity contribution < 1.29 is 18.8 Å². The molecule has 2 aromatic heterocycles. The van der Waals surface area contributed by atoms with Crippen LogP contribution in [0.1, 0.15) is 41.7 Å². The Kier molecular flexibility index (Phi) is 7.03. The molecule has 33 heavy (non-hydrogen) atoms. The molecule has 0 radical (unpaired) electrons. The van der Waals surface area contributed by atoms with Crippen molar-refractivity contribution in [3.05, 3.63) is 64.8 Å². The molecule has 1 aliphatic carbocycles. The highest BCUT2D eigenvalue weighted by Gasteiger charge is 2.30. The van der Waals surface area contributed by atoms with E-state index < -0.39 is 11.9 Å². The van der Waals surface area contributed by atoms with Gasteiger partial charge < -0.3 is 20.4 Å². The maximum Gasteiger partial charge on any atom is 0.268 e. The van der Waals surface area contributed by atoms with Gasteiger partial charge >= 0.3 is 0 Å². The molecule has 172 valence electrons. The van der Waals surface area contributed by atoms with Crippen molar-refractivity contribution in [1.82, 2.24) is 20.6 Å². The van der Waals surface area contributed by atoms with E-state index in [1.54, 1.807) is 24.3 Å². The van der Waals surface area contributed by atoms with Crippen LogP contribution in [0.15, 0.2) is 42.6 Å². The minimum absolute atomic E-state index is 0.171. The molecule has 0 saturated heterocycles. The number of rotatable bonds is 7. The summed E-state index contributed by atoms with van der Waals surface area (Å²) in [4.78, 5) is 44.6. The Hall–Kier alpha value is -3.26. The minimum Gasteiger partial charge on any atom is -0.351 e. The number of carbonyl (C=O) groups excluding carboxylic acids is 3. The van der Waals surface area contributed by atoms with Crippen molar-refractivity contribution in [2.24, 2.45) is 5.92 Å².